The maximum absolute atomic E-state index is 5.60. The van der Waals surface area contributed by atoms with Crippen LogP contribution >= 0.6 is 12.2 Å². The molecule has 2 aliphatic heterocycles. The Balaban J connectivity index is 1.37. The largest absolute Gasteiger partial charge is 0.454 e. The lowest BCUT2D eigenvalue weighted by molar-refractivity contribution is 0.0343. The van der Waals surface area contributed by atoms with Crippen LogP contribution in [0, 0.1) is 6.92 Å². The number of thiocarbonyl (C=S) groups is 1. The van der Waals surface area contributed by atoms with Gasteiger partial charge in [-0.1, -0.05) is 35.9 Å². The van der Waals surface area contributed by atoms with Crippen LogP contribution in [0.2, 0.25) is 0 Å². The molecule has 2 heterocycles. The Morgan fingerprint density at radius 2 is 1.83 bits per heavy atom. The number of rotatable bonds is 6. The van der Waals surface area contributed by atoms with Crippen LogP contribution < -0.4 is 20.1 Å². The second-order valence-electron chi connectivity index (χ2n) is 7.39. The summed E-state index contributed by atoms with van der Waals surface area (Å²) in [4.78, 5) is 2.42. The molecule has 154 valence electrons. The van der Waals surface area contributed by atoms with Gasteiger partial charge in [0.1, 0.15) is 0 Å². The van der Waals surface area contributed by atoms with Gasteiger partial charge in [-0.15, -0.1) is 0 Å². The number of benzene rings is 2. The van der Waals surface area contributed by atoms with Crippen molar-refractivity contribution in [3.05, 3.63) is 59.2 Å². The molecule has 4 rings (SSSR count). The highest BCUT2D eigenvalue weighted by Gasteiger charge is 2.19. The maximum atomic E-state index is 5.60. The monoisotopic (exact) mass is 413 g/mol. The van der Waals surface area contributed by atoms with Crippen molar-refractivity contribution >= 4 is 17.3 Å². The fourth-order valence-corrected chi connectivity index (χ4v) is 3.73. The Kier molecular flexibility index (Phi) is 6.49. The van der Waals surface area contributed by atoms with E-state index in [2.05, 4.69) is 46.7 Å². The molecule has 0 amide bonds. The lowest BCUT2D eigenvalue weighted by Gasteiger charge is -2.31. The molecule has 1 saturated heterocycles. The molecule has 0 saturated carbocycles. The summed E-state index contributed by atoms with van der Waals surface area (Å²) in [7, 11) is 0. The summed E-state index contributed by atoms with van der Waals surface area (Å²) in [6, 6.07) is 14.7. The summed E-state index contributed by atoms with van der Waals surface area (Å²) in [5.41, 5.74) is 3.58. The molecular formula is C22H27N3O3S. The van der Waals surface area contributed by atoms with Crippen molar-refractivity contribution in [2.75, 3.05) is 39.6 Å². The molecule has 0 radical (unpaired) electrons. The van der Waals surface area contributed by atoms with Crippen LogP contribution in [0.5, 0.6) is 11.5 Å². The van der Waals surface area contributed by atoms with Gasteiger partial charge in [-0.25, -0.2) is 0 Å². The van der Waals surface area contributed by atoms with Crippen molar-refractivity contribution in [3.8, 4) is 11.5 Å². The van der Waals surface area contributed by atoms with Crippen molar-refractivity contribution in [2.45, 2.75) is 19.5 Å². The topological polar surface area (TPSA) is 55.0 Å². The Bertz CT molecular complexity index is 838. The van der Waals surface area contributed by atoms with Gasteiger partial charge in [-0.05, 0) is 42.4 Å². The minimum atomic E-state index is 0.116. The third kappa shape index (κ3) is 5.38. The van der Waals surface area contributed by atoms with Gasteiger partial charge in [-0.3, -0.25) is 4.90 Å². The number of fused-ring (bicyclic) bond motifs is 1. The van der Waals surface area contributed by atoms with Crippen LogP contribution in [-0.2, 0) is 11.3 Å². The Labute approximate surface area is 177 Å². The van der Waals surface area contributed by atoms with Gasteiger partial charge in [0, 0.05) is 26.2 Å². The van der Waals surface area contributed by atoms with Gasteiger partial charge >= 0.3 is 0 Å². The number of ether oxygens (including phenoxy) is 3. The Morgan fingerprint density at radius 3 is 2.62 bits per heavy atom. The molecule has 1 fully saturated rings. The molecule has 2 N–H and O–H groups in total. The lowest BCUT2D eigenvalue weighted by Crippen LogP contribution is -2.45. The van der Waals surface area contributed by atoms with Crippen molar-refractivity contribution in [2.24, 2.45) is 0 Å². The summed E-state index contributed by atoms with van der Waals surface area (Å²) >= 11 is 5.60. The molecule has 2 aromatic rings. The summed E-state index contributed by atoms with van der Waals surface area (Å²) in [6.07, 6.45) is 0. The number of hydrogen-bond acceptors (Lipinski definition) is 5. The quantitative estimate of drug-likeness (QED) is 0.707. The van der Waals surface area contributed by atoms with Gasteiger partial charge in [0.05, 0.1) is 19.3 Å². The highest BCUT2D eigenvalue weighted by atomic mass is 32.1. The molecule has 2 aliphatic rings. The molecule has 29 heavy (non-hydrogen) atoms. The molecule has 0 aliphatic carbocycles. The number of hydrogen-bond donors (Lipinski definition) is 2. The Morgan fingerprint density at radius 1 is 1.07 bits per heavy atom. The molecule has 6 nitrogen and oxygen atoms in total. The van der Waals surface area contributed by atoms with Crippen molar-refractivity contribution in [1.82, 2.24) is 15.5 Å². The average molecular weight is 414 g/mol. The molecule has 0 bridgehead atoms. The van der Waals surface area contributed by atoms with E-state index in [9.17, 15) is 0 Å². The van der Waals surface area contributed by atoms with Gasteiger partial charge in [0.25, 0.3) is 0 Å². The predicted octanol–water partition coefficient (Wildman–Crippen LogP) is 2.76. The van der Waals surface area contributed by atoms with E-state index in [-0.39, 0.29) is 12.8 Å². The summed E-state index contributed by atoms with van der Waals surface area (Å²) in [6.45, 7) is 7.36. The van der Waals surface area contributed by atoms with Crippen molar-refractivity contribution < 1.29 is 14.2 Å². The van der Waals surface area contributed by atoms with E-state index in [4.69, 9.17) is 26.4 Å². The number of morpholine rings is 1. The fraction of sp³-hybridized carbons (Fsp3) is 0.409. The highest BCUT2D eigenvalue weighted by Crippen LogP contribution is 2.32. The average Bonchev–Trinajstić information content (AvgIpc) is 3.21. The first-order valence-electron chi connectivity index (χ1n) is 9.97. The molecule has 0 spiro atoms. The van der Waals surface area contributed by atoms with Crippen LogP contribution in [0.4, 0.5) is 0 Å². The third-order valence-corrected chi connectivity index (χ3v) is 5.48. The number of nitrogens with zero attached hydrogens (tertiary/aromatic N) is 1. The number of nitrogens with one attached hydrogen (secondary N) is 2. The normalized spacial score (nSPS) is 17.0. The first-order valence-corrected chi connectivity index (χ1v) is 10.4. The SMILES string of the molecule is Cc1ccc([C@@H](CN2CCOCC2)NC(=S)NCc2ccc3c(c2)OCO3)cc1. The minimum absolute atomic E-state index is 0.116. The second-order valence-corrected chi connectivity index (χ2v) is 7.80. The van der Waals surface area contributed by atoms with Crippen molar-refractivity contribution in [3.63, 3.8) is 0 Å². The molecular weight excluding hydrogens is 386 g/mol. The Hall–Kier alpha value is -2.35. The summed E-state index contributed by atoms with van der Waals surface area (Å²) in [5, 5.41) is 7.46. The van der Waals surface area contributed by atoms with Gasteiger partial charge in [0.2, 0.25) is 6.79 Å². The zero-order chi connectivity index (χ0) is 20.1. The van der Waals surface area contributed by atoms with E-state index in [0.717, 1.165) is 49.9 Å². The standard InChI is InChI=1S/C22H27N3O3S/c1-16-2-5-18(6-3-16)19(14-25-8-10-26-11-9-25)24-22(29)23-13-17-4-7-20-21(12-17)28-15-27-20/h2-7,12,19H,8-11,13-15H2,1H3,(H2,23,24,29)/t19-/m1/s1. The fourth-order valence-electron chi connectivity index (χ4n) is 3.52. The summed E-state index contributed by atoms with van der Waals surface area (Å²) < 4.78 is 16.3. The van der Waals surface area contributed by atoms with E-state index >= 15 is 0 Å². The van der Waals surface area contributed by atoms with Gasteiger partial charge in [0.15, 0.2) is 16.6 Å². The third-order valence-electron chi connectivity index (χ3n) is 5.22. The van der Waals surface area contributed by atoms with Gasteiger partial charge < -0.3 is 24.8 Å². The summed E-state index contributed by atoms with van der Waals surface area (Å²) in [5.74, 6) is 1.58. The van der Waals surface area contributed by atoms with Crippen LogP contribution in [0.1, 0.15) is 22.7 Å². The van der Waals surface area contributed by atoms with Crippen LogP contribution in [-0.4, -0.2) is 49.7 Å². The first-order chi connectivity index (χ1) is 14.2. The van der Waals surface area contributed by atoms with Crippen LogP contribution in [0.15, 0.2) is 42.5 Å². The molecule has 2 aromatic carbocycles. The van der Waals surface area contributed by atoms with Gasteiger partial charge in [-0.2, -0.15) is 0 Å². The zero-order valence-electron chi connectivity index (χ0n) is 16.6. The predicted molar refractivity (Wildman–Crippen MR) is 116 cm³/mol. The highest BCUT2D eigenvalue weighted by molar-refractivity contribution is 7.80. The van der Waals surface area contributed by atoms with E-state index in [0.29, 0.717) is 11.7 Å². The molecule has 1 atom stereocenters. The lowest BCUT2D eigenvalue weighted by atomic mass is 10.0. The maximum Gasteiger partial charge on any atom is 0.231 e. The molecule has 7 heteroatoms. The number of aryl methyl sites for hydroxylation is 1. The van der Waals surface area contributed by atoms with E-state index in [1.165, 1.54) is 11.1 Å². The van der Waals surface area contributed by atoms with Crippen molar-refractivity contribution in [1.29, 1.82) is 0 Å². The van der Waals surface area contributed by atoms with E-state index in [1.807, 2.05) is 18.2 Å². The first kappa shape index (κ1) is 19.9. The molecule has 0 aromatic heterocycles. The van der Waals surface area contributed by atoms with Crippen LogP contribution in [0.3, 0.4) is 0 Å². The second kappa shape index (κ2) is 9.43. The zero-order valence-corrected chi connectivity index (χ0v) is 17.5. The van der Waals surface area contributed by atoms with E-state index < -0.39 is 0 Å². The molecule has 0 unspecified atom stereocenters. The van der Waals surface area contributed by atoms with E-state index in [1.54, 1.807) is 0 Å². The minimum Gasteiger partial charge on any atom is -0.454 e. The smallest absolute Gasteiger partial charge is 0.231 e. The van der Waals surface area contributed by atoms with Crippen LogP contribution in [0.25, 0.3) is 0 Å².